The van der Waals surface area contributed by atoms with Crippen molar-refractivity contribution in [3.05, 3.63) is 12.7 Å². The van der Waals surface area contributed by atoms with Gasteiger partial charge in [0.15, 0.2) is 0 Å². The van der Waals surface area contributed by atoms with Crippen molar-refractivity contribution in [2.24, 2.45) is 0 Å². The molecule has 0 unspecified atom stereocenters. The molecule has 2 nitrogen and oxygen atoms in total. The number of nitrogens with one attached hydrogen (secondary N) is 1. The molecule has 1 N–H and O–H groups in total. The number of unbranched alkanes of at least 4 members (excludes halogenated alkanes) is 1. The number of carbonyl (C=O) groups excluding carboxylic acids is 1. The third-order valence-corrected chi connectivity index (χ3v) is 1.01. The average Bonchev–Trinajstić information content (AvgIpc) is 1.89. The molecule has 0 radical (unpaired) electrons. The molecule has 0 spiro atoms. The number of hydrogen-bond acceptors (Lipinski definition) is 1. The van der Waals surface area contributed by atoms with Gasteiger partial charge in [-0.3, -0.25) is 4.79 Å². The van der Waals surface area contributed by atoms with Crippen molar-refractivity contribution in [2.75, 3.05) is 6.54 Å². The van der Waals surface area contributed by atoms with E-state index in [4.69, 9.17) is 0 Å². The summed E-state index contributed by atoms with van der Waals surface area (Å²) in [6.07, 6.45) is 3.44. The molecule has 1 amide bonds. The van der Waals surface area contributed by atoms with Gasteiger partial charge in [-0.1, -0.05) is 19.9 Å². The molecule has 0 rings (SSSR count). The van der Waals surface area contributed by atoms with Gasteiger partial charge in [0.05, 0.1) is 0 Å². The molecule has 0 saturated carbocycles. The van der Waals surface area contributed by atoms with Crippen LogP contribution in [-0.4, -0.2) is 63.8 Å². The third kappa shape index (κ3) is 8.85. The van der Waals surface area contributed by atoms with Crippen molar-refractivity contribution in [1.29, 1.82) is 0 Å². The fourth-order valence-electron chi connectivity index (χ4n) is 0.461. The van der Waals surface area contributed by atoms with Crippen LogP contribution in [0.1, 0.15) is 19.8 Å². The second-order valence-electron chi connectivity index (χ2n) is 1.85. The maximum atomic E-state index is 10.5. The van der Waals surface area contributed by atoms with Gasteiger partial charge in [0.25, 0.3) is 0 Å². The first-order valence-corrected chi connectivity index (χ1v) is 3.21. The normalized spacial score (nSPS) is 7.70. The molecule has 0 aliphatic heterocycles. The van der Waals surface area contributed by atoms with Gasteiger partial charge < -0.3 is 5.32 Å². The summed E-state index contributed by atoms with van der Waals surface area (Å²) < 4.78 is 0. The van der Waals surface area contributed by atoms with E-state index in [0.29, 0.717) is 0 Å². The van der Waals surface area contributed by atoms with Gasteiger partial charge in [-0.2, -0.15) is 0 Å². The van der Waals surface area contributed by atoms with Crippen molar-refractivity contribution in [2.45, 2.75) is 19.8 Å². The molecule has 0 atom stereocenters. The minimum absolute atomic E-state index is 0. The summed E-state index contributed by atoms with van der Waals surface area (Å²) in [5.41, 5.74) is 0. The Kier molecular flexibility index (Phi) is 13.2. The molecule has 0 aromatic carbocycles. The molecule has 0 bridgehead atoms. The first kappa shape index (κ1) is 13.4. The van der Waals surface area contributed by atoms with Gasteiger partial charge in [0.1, 0.15) is 0 Å². The monoisotopic (exact) mass is 167 g/mol. The number of hydrogen-bond donors (Lipinski definition) is 1. The second-order valence-corrected chi connectivity index (χ2v) is 1.85. The van der Waals surface area contributed by atoms with Crippen LogP contribution in [-0.2, 0) is 4.79 Å². The molecule has 0 aliphatic rings. The third-order valence-electron chi connectivity index (χ3n) is 1.01. The standard InChI is InChI=1S/C7H13NO.K.H/c1-3-5-6-8-7(9)4-2;;/h4H,2-3,5-6H2,1H3,(H,8,9);;. The molecular weight excluding hydrogens is 153 g/mol. The van der Waals surface area contributed by atoms with E-state index >= 15 is 0 Å². The van der Waals surface area contributed by atoms with Gasteiger partial charge >= 0.3 is 51.4 Å². The Morgan fingerprint density at radius 1 is 1.70 bits per heavy atom. The van der Waals surface area contributed by atoms with E-state index in [1.54, 1.807) is 0 Å². The van der Waals surface area contributed by atoms with Gasteiger partial charge in [0.2, 0.25) is 5.91 Å². The topological polar surface area (TPSA) is 29.1 Å². The summed E-state index contributed by atoms with van der Waals surface area (Å²) in [6, 6.07) is 0. The predicted molar refractivity (Wildman–Crippen MR) is 45.3 cm³/mol. The Hall–Kier alpha value is 0.846. The van der Waals surface area contributed by atoms with Gasteiger partial charge in [-0.15, -0.1) is 0 Å². The Bertz CT molecular complexity index is 104. The molecule has 54 valence electrons. The van der Waals surface area contributed by atoms with Crippen LogP contribution in [0.5, 0.6) is 0 Å². The number of amides is 1. The van der Waals surface area contributed by atoms with E-state index in [1.807, 2.05) is 0 Å². The van der Waals surface area contributed by atoms with Gasteiger partial charge in [-0.25, -0.2) is 0 Å². The summed E-state index contributed by atoms with van der Waals surface area (Å²) in [4.78, 5) is 10.5. The van der Waals surface area contributed by atoms with E-state index < -0.39 is 0 Å². The fraction of sp³-hybridized carbons (Fsp3) is 0.571. The summed E-state index contributed by atoms with van der Waals surface area (Å²) >= 11 is 0. The first-order valence-electron chi connectivity index (χ1n) is 3.21. The fourth-order valence-corrected chi connectivity index (χ4v) is 0.461. The summed E-state index contributed by atoms with van der Waals surface area (Å²) in [5, 5.41) is 2.68. The van der Waals surface area contributed by atoms with Crippen molar-refractivity contribution < 1.29 is 4.79 Å². The minimum atomic E-state index is -0.0801. The molecule has 0 aliphatic carbocycles. The van der Waals surface area contributed by atoms with Crippen molar-refractivity contribution in [3.63, 3.8) is 0 Å². The van der Waals surface area contributed by atoms with E-state index in [2.05, 4.69) is 18.8 Å². The Labute approximate surface area is 105 Å². The zero-order valence-electron chi connectivity index (χ0n) is 5.81. The average molecular weight is 167 g/mol. The molecule has 0 heterocycles. The molecule has 10 heavy (non-hydrogen) atoms. The van der Waals surface area contributed by atoms with Gasteiger partial charge in [-0.05, 0) is 12.5 Å². The van der Waals surface area contributed by atoms with Crippen LogP contribution in [0.2, 0.25) is 0 Å². The van der Waals surface area contributed by atoms with Crippen LogP contribution in [0.4, 0.5) is 0 Å². The second kappa shape index (κ2) is 9.85. The van der Waals surface area contributed by atoms with Crippen molar-refractivity contribution in [1.82, 2.24) is 5.32 Å². The quantitative estimate of drug-likeness (QED) is 0.367. The van der Waals surface area contributed by atoms with Crippen LogP contribution in [0.15, 0.2) is 12.7 Å². The molecule has 3 heteroatoms. The van der Waals surface area contributed by atoms with Crippen LogP contribution in [0.25, 0.3) is 0 Å². The zero-order chi connectivity index (χ0) is 7.11. The Morgan fingerprint density at radius 2 is 2.30 bits per heavy atom. The summed E-state index contributed by atoms with van der Waals surface area (Å²) in [6.45, 7) is 6.18. The SMILES string of the molecule is C=CC(=O)NCCCC.[KH]. The van der Waals surface area contributed by atoms with E-state index in [0.717, 1.165) is 19.4 Å². The van der Waals surface area contributed by atoms with Crippen LogP contribution >= 0.6 is 0 Å². The Morgan fingerprint density at radius 3 is 2.70 bits per heavy atom. The maximum absolute atomic E-state index is 10.5. The van der Waals surface area contributed by atoms with E-state index in [-0.39, 0.29) is 57.3 Å². The molecule has 0 aromatic rings. The summed E-state index contributed by atoms with van der Waals surface area (Å²) in [5.74, 6) is -0.0801. The van der Waals surface area contributed by atoms with Crippen molar-refractivity contribution in [3.8, 4) is 0 Å². The van der Waals surface area contributed by atoms with E-state index in [9.17, 15) is 4.79 Å². The van der Waals surface area contributed by atoms with Crippen LogP contribution < -0.4 is 5.32 Å². The molecular formula is C7H14KNO. The molecule has 0 aromatic heterocycles. The number of rotatable bonds is 4. The Balaban J connectivity index is 0. The molecule has 0 saturated heterocycles. The predicted octanol–water partition coefficient (Wildman–Crippen LogP) is 0.440. The molecule has 0 fully saturated rings. The van der Waals surface area contributed by atoms with Crippen LogP contribution in [0.3, 0.4) is 0 Å². The van der Waals surface area contributed by atoms with Gasteiger partial charge in [0, 0.05) is 6.54 Å². The first-order chi connectivity index (χ1) is 4.31. The summed E-state index contributed by atoms with van der Waals surface area (Å²) in [7, 11) is 0. The van der Waals surface area contributed by atoms with Crippen molar-refractivity contribution >= 4 is 57.3 Å². The number of carbonyl (C=O) groups is 1. The van der Waals surface area contributed by atoms with E-state index in [1.165, 1.54) is 6.08 Å². The zero-order valence-corrected chi connectivity index (χ0v) is 5.81. The van der Waals surface area contributed by atoms with Crippen LogP contribution in [0, 0.1) is 0 Å².